The Kier molecular flexibility index (Phi) is 2.82. The number of anilines is 1. The van der Waals surface area contributed by atoms with Crippen LogP contribution in [0.5, 0.6) is 0 Å². The first kappa shape index (κ1) is 12.2. The third kappa shape index (κ3) is 1.92. The third-order valence-corrected chi connectivity index (χ3v) is 4.17. The number of nitrogen functional groups attached to an aromatic ring is 1. The first-order valence-electron chi connectivity index (χ1n) is 6.08. The van der Waals surface area contributed by atoms with E-state index in [4.69, 9.17) is 5.73 Å². The SMILES string of the molecule is Cc1ccc(-c2nc3cccc(C)n3c2N)cc1Br. The van der Waals surface area contributed by atoms with Crippen LogP contribution in [0.4, 0.5) is 5.82 Å². The molecule has 3 nitrogen and oxygen atoms in total. The molecule has 0 radical (unpaired) electrons. The van der Waals surface area contributed by atoms with Crippen molar-refractivity contribution in [3.8, 4) is 11.3 Å². The highest BCUT2D eigenvalue weighted by atomic mass is 79.9. The van der Waals surface area contributed by atoms with Gasteiger partial charge in [0.1, 0.15) is 17.2 Å². The molecule has 4 heteroatoms. The van der Waals surface area contributed by atoms with E-state index in [-0.39, 0.29) is 0 Å². The average Bonchev–Trinajstić information content (AvgIpc) is 2.72. The number of fused-ring (bicyclic) bond motifs is 1. The van der Waals surface area contributed by atoms with Gasteiger partial charge in [0, 0.05) is 15.7 Å². The van der Waals surface area contributed by atoms with Crippen molar-refractivity contribution < 1.29 is 0 Å². The first-order chi connectivity index (χ1) is 9.08. The van der Waals surface area contributed by atoms with Gasteiger partial charge in [-0.2, -0.15) is 0 Å². The summed E-state index contributed by atoms with van der Waals surface area (Å²) in [5, 5.41) is 0. The molecule has 0 fully saturated rings. The molecular formula is C15H14BrN3. The second-order valence-electron chi connectivity index (χ2n) is 4.67. The number of hydrogen-bond donors (Lipinski definition) is 1. The predicted molar refractivity (Wildman–Crippen MR) is 82.2 cm³/mol. The number of aromatic nitrogens is 2. The monoisotopic (exact) mass is 315 g/mol. The van der Waals surface area contributed by atoms with Crippen molar-refractivity contribution in [3.63, 3.8) is 0 Å². The van der Waals surface area contributed by atoms with Crippen molar-refractivity contribution in [2.45, 2.75) is 13.8 Å². The lowest BCUT2D eigenvalue weighted by atomic mass is 10.1. The molecule has 2 heterocycles. The van der Waals surface area contributed by atoms with Gasteiger partial charge in [-0.15, -0.1) is 0 Å². The smallest absolute Gasteiger partial charge is 0.139 e. The number of nitrogens with zero attached hydrogens (tertiary/aromatic N) is 2. The number of hydrogen-bond acceptors (Lipinski definition) is 2. The summed E-state index contributed by atoms with van der Waals surface area (Å²) in [5.74, 6) is 0.684. The van der Waals surface area contributed by atoms with Crippen LogP contribution < -0.4 is 5.73 Å². The molecule has 0 amide bonds. The van der Waals surface area contributed by atoms with Gasteiger partial charge < -0.3 is 5.73 Å². The Morgan fingerprint density at radius 2 is 1.95 bits per heavy atom. The number of aryl methyl sites for hydroxylation is 2. The van der Waals surface area contributed by atoms with E-state index in [1.54, 1.807) is 0 Å². The van der Waals surface area contributed by atoms with Gasteiger partial charge in [-0.1, -0.05) is 34.1 Å². The van der Waals surface area contributed by atoms with Gasteiger partial charge in [-0.3, -0.25) is 4.40 Å². The topological polar surface area (TPSA) is 43.3 Å². The zero-order valence-corrected chi connectivity index (χ0v) is 12.4. The van der Waals surface area contributed by atoms with Crippen LogP contribution in [0.15, 0.2) is 40.9 Å². The van der Waals surface area contributed by atoms with E-state index in [2.05, 4.69) is 40.0 Å². The summed E-state index contributed by atoms with van der Waals surface area (Å²) in [7, 11) is 0. The van der Waals surface area contributed by atoms with Gasteiger partial charge in [0.25, 0.3) is 0 Å². The molecule has 2 aromatic heterocycles. The van der Waals surface area contributed by atoms with Crippen molar-refractivity contribution >= 4 is 27.4 Å². The molecule has 19 heavy (non-hydrogen) atoms. The van der Waals surface area contributed by atoms with Gasteiger partial charge in [0.2, 0.25) is 0 Å². The standard InChI is InChI=1S/C15H14BrN3/c1-9-6-7-11(8-12(9)16)14-15(17)19-10(2)4-3-5-13(19)18-14/h3-8H,17H2,1-2H3. The van der Waals surface area contributed by atoms with Crippen LogP contribution in [-0.2, 0) is 0 Å². The maximum absolute atomic E-state index is 6.25. The van der Waals surface area contributed by atoms with E-state index in [0.29, 0.717) is 5.82 Å². The van der Waals surface area contributed by atoms with Crippen molar-refractivity contribution in [1.29, 1.82) is 0 Å². The summed E-state index contributed by atoms with van der Waals surface area (Å²) in [4.78, 5) is 4.63. The summed E-state index contributed by atoms with van der Waals surface area (Å²) < 4.78 is 3.04. The molecule has 0 atom stereocenters. The minimum Gasteiger partial charge on any atom is -0.383 e. The summed E-state index contributed by atoms with van der Waals surface area (Å²) in [5.41, 5.74) is 11.3. The minimum absolute atomic E-state index is 0.684. The second kappa shape index (κ2) is 4.38. The first-order valence-corrected chi connectivity index (χ1v) is 6.87. The van der Waals surface area contributed by atoms with Gasteiger partial charge >= 0.3 is 0 Å². The van der Waals surface area contributed by atoms with E-state index in [1.807, 2.05) is 35.6 Å². The highest BCUT2D eigenvalue weighted by Gasteiger charge is 2.12. The molecule has 2 N–H and O–H groups in total. The maximum Gasteiger partial charge on any atom is 0.139 e. The lowest BCUT2D eigenvalue weighted by Crippen LogP contribution is -1.97. The number of rotatable bonds is 1. The van der Waals surface area contributed by atoms with E-state index in [0.717, 1.165) is 27.1 Å². The molecule has 0 aliphatic carbocycles. The van der Waals surface area contributed by atoms with Crippen LogP contribution in [0.25, 0.3) is 16.9 Å². The van der Waals surface area contributed by atoms with E-state index >= 15 is 0 Å². The molecule has 0 aliphatic rings. The number of halogens is 1. The average molecular weight is 316 g/mol. The molecular weight excluding hydrogens is 302 g/mol. The van der Waals surface area contributed by atoms with E-state index in [9.17, 15) is 0 Å². The zero-order chi connectivity index (χ0) is 13.6. The number of nitrogens with two attached hydrogens (primary N) is 1. The van der Waals surface area contributed by atoms with Crippen LogP contribution >= 0.6 is 15.9 Å². The van der Waals surface area contributed by atoms with E-state index in [1.165, 1.54) is 5.56 Å². The Labute approximate surface area is 120 Å². The number of imidazole rings is 1. The fourth-order valence-electron chi connectivity index (χ4n) is 2.23. The molecule has 1 aromatic carbocycles. The largest absolute Gasteiger partial charge is 0.383 e. The molecule has 0 spiro atoms. The van der Waals surface area contributed by atoms with Gasteiger partial charge in [0.05, 0.1) is 0 Å². The molecule has 0 unspecified atom stereocenters. The normalized spacial score (nSPS) is 11.1. The Morgan fingerprint density at radius 3 is 2.63 bits per heavy atom. The summed E-state index contributed by atoms with van der Waals surface area (Å²) in [6, 6.07) is 12.2. The van der Waals surface area contributed by atoms with Crippen LogP contribution in [0.2, 0.25) is 0 Å². The second-order valence-corrected chi connectivity index (χ2v) is 5.52. The number of pyridine rings is 1. The van der Waals surface area contributed by atoms with Crippen molar-refractivity contribution in [3.05, 3.63) is 52.1 Å². The van der Waals surface area contributed by atoms with Crippen molar-refractivity contribution in [1.82, 2.24) is 9.38 Å². The van der Waals surface area contributed by atoms with Gasteiger partial charge in [0.15, 0.2) is 0 Å². The lowest BCUT2D eigenvalue weighted by molar-refractivity contribution is 1.10. The summed E-state index contributed by atoms with van der Waals surface area (Å²) in [6.07, 6.45) is 0. The maximum atomic E-state index is 6.25. The summed E-state index contributed by atoms with van der Waals surface area (Å²) >= 11 is 3.55. The zero-order valence-electron chi connectivity index (χ0n) is 10.8. The fourth-order valence-corrected chi connectivity index (χ4v) is 2.61. The third-order valence-electron chi connectivity index (χ3n) is 3.32. The molecule has 3 rings (SSSR count). The van der Waals surface area contributed by atoms with Crippen LogP contribution in [0, 0.1) is 13.8 Å². The Balaban J connectivity index is 2.28. The molecule has 96 valence electrons. The number of benzene rings is 1. The predicted octanol–water partition coefficient (Wildman–Crippen LogP) is 3.96. The van der Waals surface area contributed by atoms with Crippen LogP contribution in [-0.4, -0.2) is 9.38 Å². The highest BCUT2D eigenvalue weighted by Crippen LogP contribution is 2.30. The molecule has 3 aromatic rings. The van der Waals surface area contributed by atoms with Crippen molar-refractivity contribution in [2.24, 2.45) is 0 Å². The van der Waals surface area contributed by atoms with Gasteiger partial charge in [-0.25, -0.2) is 4.98 Å². The molecule has 0 saturated heterocycles. The van der Waals surface area contributed by atoms with E-state index < -0.39 is 0 Å². The lowest BCUT2D eigenvalue weighted by Gasteiger charge is -2.04. The Morgan fingerprint density at radius 1 is 1.16 bits per heavy atom. The Bertz CT molecular complexity index is 774. The molecule has 0 aliphatic heterocycles. The minimum atomic E-state index is 0.684. The molecule has 0 saturated carbocycles. The fraction of sp³-hybridized carbons (Fsp3) is 0.133. The van der Waals surface area contributed by atoms with Gasteiger partial charge in [-0.05, 0) is 37.6 Å². The highest BCUT2D eigenvalue weighted by molar-refractivity contribution is 9.10. The van der Waals surface area contributed by atoms with Crippen LogP contribution in [0.3, 0.4) is 0 Å². The van der Waals surface area contributed by atoms with Crippen molar-refractivity contribution in [2.75, 3.05) is 5.73 Å². The quantitative estimate of drug-likeness (QED) is 0.738. The molecule has 0 bridgehead atoms. The Hall–Kier alpha value is -1.81. The summed E-state index contributed by atoms with van der Waals surface area (Å²) in [6.45, 7) is 4.09. The van der Waals surface area contributed by atoms with Crippen LogP contribution in [0.1, 0.15) is 11.3 Å².